The third-order valence-electron chi connectivity index (χ3n) is 9.79. The standard InChI is InChI=1S/C36H36ClF7N8O3/c1-33(2,3)17-36(22-7-5-19(11-24(22)38)21-14-47-50(15-21)31(41)42)30(54)51(32(45)49-36)26(16-55-27(53)13-35(9-10-35)34(4,43)44)20-6-8-23(37)25(12-20)52-29(28(39)40)46-18-48-52/h5-8,11-12,14-15,18,26,28,31H,9-10,13,16-17H2,1-4H3,(H2,45,49)/t26-,36-/m1/s1. The number of benzene rings is 2. The van der Waals surface area contributed by atoms with E-state index < -0.39 is 83.8 Å². The Balaban J connectivity index is 1.42. The normalized spacial score (nSPS) is 19.0. The van der Waals surface area contributed by atoms with Crippen molar-refractivity contribution in [2.45, 2.75) is 83.9 Å². The summed E-state index contributed by atoms with van der Waals surface area (Å²) in [4.78, 5) is 37.2. The first-order chi connectivity index (χ1) is 25.7. The molecule has 2 N–H and O–H groups in total. The van der Waals surface area contributed by atoms with Gasteiger partial charge < -0.3 is 10.5 Å². The van der Waals surface area contributed by atoms with Crippen LogP contribution in [0.25, 0.3) is 16.8 Å². The summed E-state index contributed by atoms with van der Waals surface area (Å²) in [7, 11) is 0. The molecule has 2 aromatic heterocycles. The Kier molecular flexibility index (Phi) is 10.3. The van der Waals surface area contributed by atoms with Crippen molar-refractivity contribution >= 4 is 29.4 Å². The summed E-state index contributed by atoms with van der Waals surface area (Å²) < 4.78 is 106. The van der Waals surface area contributed by atoms with E-state index in [2.05, 4.69) is 20.2 Å². The van der Waals surface area contributed by atoms with Crippen molar-refractivity contribution in [1.82, 2.24) is 29.4 Å². The topological polar surface area (TPSA) is 134 Å². The van der Waals surface area contributed by atoms with Crippen LogP contribution in [-0.4, -0.2) is 59.8 Å². The fourth-order valence-corrected chi connectivity index (χ4v) is 7.10. The third-order valence-corrected chi connectivity index (χ3v) is 10.1. The van der Waals surface area contributed by atoms with Crippen molar-refractivity contribution in [2.24, 2.45) is 21.6 Å². The Morgan fingerprint density at radius 3 is 2.33 bits per heavy atom. The Morgan fingerprint density at radius 2 is 1.75 bits per heavy atom. The quantitative estimate of drug-likeness (QED) is 0.107. The number of hydrogen-bond donors (Lipinski definition) is 1. The molecule has 0 spiro atoms. The summed E-state index contributed by atoms with van der Waals surface area (Å²) in [5.41, 5.74) is 2.36. The van der Waals surface area contributed by atoms with Crippen molar-refractivity contribution in [1.29, 1.82) is 0 Å². The molecule has 1 saturated carbocycles. The molecule has 3 heterocycles. The number of aromatic nitrogens is 5. The monoisotopic (exact) mass is 796 g/mol. The van der Waals surface area contributed by atoms with Crippen LogP contribution in [0.3, 0.4) is 0 Å². The second-order valence-corrected chi connectivity index (χ2v) is 15.4. The van der Waals surface area contributed by atoms with Crippen molar-refractivity contribution in [3.63, 3.8) is 0 Å². The number of nitrogens with two attached hydrogens (primary N) is 1. The second kappa shape index (κ2) is 14.3. The first-order valence-electron chi connectivity index (χ1n) is 17.0. The Hall–Kier alpha value is -5.00. The van der Waals surface area contributed by atoms with Crippen molar-refractivity contribution in [2.75, 3.05) is 6.61 Å². The lowest BCUT2D eigenvalue weighted by Crippen LogP contribution is -2.47. The minimum atomic E-state index is -3.17. The molecule has 1 aliphatic heterocycles. The number of esters is 1. The molecular weight excluding hydrogens is 761 g/mol. The van der Waals surface area contributed by atoms with E-state index in [9.17, 15) is 35.9 Å². The zero-order chi connectivity index (χ0) is 40.2. The number of carbonyl (C=O) groups excluding carboxylic acids is 2. The lowest BCUT2D eigenvalue weighted by Gasteiger charge is -2.35. The molecule has 1 amide bonds. The zero-order valence-corrected chi connectivity index (χ0v) is 30.7. The molecule has 1 aliphatic carbocycles. The van der Waals surface area contributed by atoms with Gasteiger partial charge in [-0.1, -0.05) is 50.6 Å². The van der Waals surface area contributed by atoms with E-state index in [0.717, 1.165) is 41.3 Å². The van der Waals surface area contributed by atoms with E-state index in [4.69, 9.17) is 22.1 Å². The van der Waals surface area contributed by atoms with Gasteiger partial charge in [0.15, 0.2) is 17.3 Å². The maximum atomic E-state index is 16.3. The summed E-state index contributed by atoms with van der Waals surface area (Å²) in [6.45, 7) is 2.46. The Labute approximate surface area is 315 Å². The fourth-order valence-electron chi connectivity index (χ4n) is 6.90. The van der Waals surface area contributed by atoms with E-state index in [1.165, 1.54) is 30.3 Å². The highest BCUT2D eigenvalue weighted by atomic mass is 35.5. The van der Waals surface area contributed by atoms with Gasteiger partial charge in [0.05, 0.1) is 29.4 Å². The highest BCUT2D eigenvalue weighted by Gasteiger charge is 2.60. The first-order valence-corrected chi connectivity index (χ1v) is 17.4. The zero-order valence-electron chi connectivity index (χ0n) is 29.9. The van der Waals surface area contributed by atoms with Crippen LogP contribution < -0.4 is 5.73 Å². The molecule has 11 nitrogen and oxygen atoms in total. The van der Waals surface area contributed by atoms with Gasteiger partial charge in [-0.15, -0.1) is 0 Å². The molecule has 55 heavy (non-hydrogen) atoms. The lowest BCUT2D eigenvalue weighted by molar-refractivity contribution is -0.153. The number of guanidine groups is 1. The highest BCUT2D eigenvalue weighted by molar-refractivity contribution is 6.32. The predicted octanol–water partition coefficient (Wildman–Crippen LogP) is 8.15. The van der Waals surface area contributed by atoms with Gasteiger partial charge in [-0.05, 0) is 60.9 Å². The molecule has 2 aliphatic rings. The van der Waals surface area contributed by atoms with Gasteiger partial charge in [-0.2, -0.15) is 19.0 Å². The number of halogens is 8. The summed E-state index contributed by atoms with van der Waals surface area (Å²) in [6.07, 6.45) is -0.548. The van der Waals surface area contributed by atoms with E-state index >= 15 is 4.39 Å². The van der Waals surface area contributed by atoms with Crippen molar-refractivity contribution in [3.05, 3.63) is 82.9 Å². The van der Waals surface area contributed by atoms with Crippen LogP contribution in [0.4, 0.5) is 30.7 Å². The van der Waals surface area contributed by atoms with E-state index in [1.807, 2.05) is 0 Å². The van der Waals surface area contributed by atoms with Gasteiger partial charge in [0.1, 0.15) is 18.8 Å². The molecule has 2 aromatic carbocycles. The first kappa shape index (κ1) is 39.7. The second-order valence-electron chi connectivity index (χ2n) is 15.0. The van der Waals surface area contributed by atoms with Gasteiger partial charge in [-0.3, -0.25) is 14.5 Å². The van der Waals surface area contributed by atoms with Gasteiger partial charge in [0.25, 0.3) is 18.3 Å². The molecule has 0 bridgehead atoms. The fraction of sp³-hybridized carbons (Fsp3) is 0.444. The summed E-state index contributed by atoms with van der Waals surface area (Å²) in [6, 6.07) is 6.40. The molecule has 2 atom stereocenters. The number of nitrogens with zero attached hydrogens (tertiary/aromatic N) is 7. The summed E-state index contributed by atoms with van der Waals surface area (Å²) >= 11 is 6.42. The average molecular weight is 797 g/mol. The predicted molar refractivity (Wildman–Crippen MR) is 185 cm³/mol. The molecule has 0 unspecified atom stereocenters. The van der Waals surface area contributed by atoms with Gasteiger partial charge in [0.2, 0.25) is 0 Å². The van der Waals surface area contributed by atoms with Crippen LogP contribution in [0.2, 0.25) is 5.02 Å². The Bertz CT molecular complexity index is 2140. The molecule has 0 saturated heterocycles. The molecule has 19 heteroatoms. The number of alkyl halides is 6. The van der Waals surface area contributed by atoms with E-state index in [-0.39, 0.29) is 52.2 Å². The summed E-state index contributed by atoms with van der Waals surface area (Å²) in [5.74, 6) is -7.12. The average Bonchev–Trinajstić information content (AvgIpc) is 3.40. The van der Waals surface area contributed by atoms with Crippen LogP contribution in [-0.2, 0) is 19.9 Å². The number of carbonyl (C=O) groups is 2. The maximum absolute atomic E-state index is 16.3. The number of rotatable bonds is 13. The van der Waals surface area contributed by atoms with Gasteiger partial charge in [-0.25, -0.2) is 41.3 Å². The molecular formula is C36H36ClF7N8O3. The van der Waals surface area contributed by atoms with E-state index in [1.54, 1.807) is 20.8 Å². The summed E-state index contributed by atoms with van der Waals surface area (Å²) in [5, 5.41) is 7.40. The van der Waals surface area contributed by atoms with Gasteiger partial charge >= 0.3 is 12.5 Å². The Morgan fingerprint density at radius 1 is 1.04 bits per heavy atom. The minimum absolute atomic E-state index is 0.0505. The van der Waals surface area contributed by atoms with Crippen LogP contribution in [0, 0.1) is 16.6 Å². The largest absolute Gasteiger partial charge is 0.463 e. The number of aliphatic imine (C=N–C) groups is 1. The van der Waals surface area contributed by atoms with Crippen molar-refractivity contribution in [3.8, 4) is 16.8 Å². The number of amides is 1. The van der Waals surface area contributed by atoms with Crippen LogP contribution in [0.15, 0.2) is 60.1 Å². The van der Waals surface area contributed by atoms with E-state index in [0.29, 0.717) is 4.68 Å². The molecule has 0 radical (unpaired) electrons. The maximum Gasteiger partial charge on any atom is 0.333 e. The molecule has 4 aromatic rings. The van der Waals surface area contributed by atoms with Crippen LogP contribution in [0.1, 0.15) is 89.3 Å². The lowest BCUT2D eigenvalue weighted by atomic mass is 9.75. The molecule has 294 valence electrons. The highest BCUT2D eigenvalue weighted by Crippen LogP contribution is 2.59. The SMILES string of the molecule is CC(C)(C)C[C@]1(c2ccc(-c3cnn(C(F)F)c3)cc2F)N=C(N)N([C@H](COC(=O)CC2(C(C)(F)F)CC2)c2ccc(Cl)c(-n3ncnc3C(F)F)c2)C1=O. The number of ether oxygens (including phenoxy) is 1. The molecule has 1 fully saturated rings. The van der Waals surface area contributed by atoms with Crippen LogP contribution >= 0.6 is 11.6 Å². The third kappa shape index (κ3) is 7.64. The van der Waals surface area contributed by atoms with Crippen LogP contribution in [0.5, 0.6) is 0 Å². The van der Waals surface area contributed by atoms with Gasteiger partial charge in [0, 0.05) is 22.7 Å². The minimum Gasteiger partial charge on any atom is -0.463 e. The molecule has 6 rings (SSSR count). The van der Waals surface area contributed by atoms with Crippen molar-refractivity contribution < 1.29 is 45.1 Å². The number of hydrogen-bond acceptors (Lipinski definition) is 8. The smallest absolute Gasteiger partial charge is 0.333 e.